The summed E-state index contributed by atoms with van der Waals surface area (Å²) in [6, 6.07) is 7.15. The van der Waals surface area contributed by atoms with Gasteiger partial charge in [-0.25, -0.2) is 0 Å². The van der Waals surface area contributed by atoms with E-state index in [1.807, 2.05) is 19.1 Å². The van der Waals surface area contributed by atoms with Gasteiger partial charge in [0.05, 0.1) is 18.8 Å². The van der Waals surface area contributed by atoms with Crippen LogP contribution >= 0.6 is 11.8 Å². The molecule has 0 fully saturated rings. The zero-order chi connectivity index (χ0) is 13.4. The topological polar surface area (TPSA) is 63.6 Å². The Morgan fingerprint density at radius 1 is 1.28 bits per heavy atom. The van der Waals surface area contributed by atoms with E-state index in [1.54, 1.807) is 12.1 Å². The van der Waals surface area contributed by atoms with Gasteiger partial charge in [0.15, 0.2) is 0 Å². The zero-order valence-electron chi connectivity index (χ0n) is 10.2. The van der Waals surface area contributed by atoms with Gasteiger partial charge in [0.1, 0.15) is 0 Å². The second-order valence-corrected chi connectivity index (χ2v) is 4.77. The van der Waals surface area contributed by atoms with E-state index < -0.39 is 5.97 Å². The van der Waals surface area contributed by atoms with E-state index in [-0.39, 0.29) is 18.1 Å². The van der Waals surface area contributed by atoms with Crippen LogP contribution in [0.2, 0.25) is 0 Å². The Bertz CT molecular complexity index is 400. The number of carbonyl (C=O) groups is 2. The third-order valence-corrected chi connectivity index (χ3v) is 3.09. The first-order valence-electron chi connectivity index (χ1n) is 5.71. The van der Waals surface area contributed by atoms with Crippen molar-refractivity contribution >= 4 is 23.7 Å². The van der Waals surface area contributed by atoms with Gasteiger partial charge in [-0.2, -0.15) is 0 Å². The van der Waals surface area contributed by atoms with E-state index in [4.69, 9.17) is 9.84 Å². The zero-order valence-corrected chi connectivity index (χ0v) is 11.0. The average molecular weight is 268 g/mol. The Kier molecular flexibility index (Phi) is 6.28. The molecule has 98 valence electrons. The van der Waals surface area contributed by atoms with Crippen molar-refractivity contribution < 1.29 is 19.4 Å². The predicted octanol–water partition coefficient (Wildman–Crippen LogP) is 2.36. The van der Waals surface area contributed by atoms with Gasteiger partial charge in [-0.1, -0.05) is 19.1 Å². The van der Waals surface area contributed by atoms with E-state index >= 15 is 0 Å². The molecule has 0 atom stereocenters. The van der Waals surface area contributed by atoms with Gasteiger partial charge >= 0.3 is 11.9 Å². The van der Waals surface area contributed by atoms with Crippen LogP contribution in [0.5, 0.6) is 0 Å². The minimum atomic E-state index is -0.849. The van der Waals surface area contributed by atoms with Gasteiger partial charge in [-0.3, -0.25) is 9.59 Å². The number of carboxylic acids is 1. The van der Waals surface area contributed by atoms with E-state index in [0.29, 0.717) is 6.61 Å². The van der Waals surface area contributed by atoms with Gasteiger partial charge in [0.2, 0.25) is 0 Å². The number of aliphatic carboxylic acids is 1. The quantitative estimate of drug-likeness (QED) is 0.607. The van der Waals surface area contributed by atoms with Crippen LogP contribution in [0.4, 0.5) is 0 Å². The van der Waals surface area contributed by atoms with Crippen LogP contribution in [0.1, 0.15) is 18.9 Å². The van der Waals surface area contributed by atoms with Gasteiger partial charge in [-0.05, 0) is 24.1 Å². The van der Waals surface area contributed by atoms with Crippen LogP contribution < -0.4 is 0 Å². The highest BCUT2D eigenvalue weighted by Crippen LogP contribution is 2.18. The summed E-state index contributed by atoms with van der Waals surface area (Å²) in [4.78, 5) is 22.7. The normalized spacial score (nSPS) is 10.1. The monoisotopic (exact) mass is 268 g/mol. The van der Waals surface area contributed by atoms with Crippen LogP contribution in [-0.2, 0) is 20.7 Å². The van der Waals surface area contributed by atoms with Crippen LogP contribution in [0, 0.1) is 0 Å². The fraction of sp³-hybridized carbons (Fsp3) is 0.385. The number of hydrogen-bond donors (Lipinski definition) is 1. The van der Waals surface area contributed by atoms with Crippen LogP contribution in [0.25, 0.3) is 0 Å². The molecule has 4 nitrogen and oxygen atoms in total. The minimum Gasteiger partial charge on any atom is -0.481 e. The highest BCUT2D eigenvalue weighted by atomic mass is 32.2. The Labute approximate surface area is 110 Å². The van der Waals surface area contributed by atoms with Crippen molar-refractivity contribution in [2.45, 2.75) is 24.7 Å². The van der Waals surface area contributed by atoms with E-state index in [9.17, 15) is 9.59 Å². The highest BCUT2D eigenvalue weighted by Gasteiger charge is 2.04. The predicted molar refractivity (Wildman–Crippen MR) is 69.8 cm³/mol. The summed E-state index contributed by atoms with van der Waals surface area (Å²) in [5, 5.41) is 8.63. The molecular formula is C13H16O4S. The smallest absolute Gasteiger partial charge is 0.316 e. The first-order chi connectivity index (χ1) is 8.61. The lowest BCUT2D eigenvalue weighted by Crippen LogP contribution is -2.07. The third kappa shape index (κ3) is 5.72. The lowest BCUT2D eigenvalue weighted by atomic mass is 10.2. The fourth-order valence-corrected chi connectivity index (χ4v) is 1.97. The molecule has 0 bridgehead atoms. The standard InChI is InChI=1S/C13H16O4S/c1-2-7-17-13(16)9-18-11-5-3-10(4-6-11)8-12(14)15/h3-6H,2,7-9H2,1H3,(H,14,15). The number of hydrogen-bond acceptors (Lipinski definition) is 4. The highest BCUT2D eigenvalue weighted by molar-refractivity contribution is 8.00. The van der Waals surface area contributed by atoms with Crippen molar-refractivity contribution in [3.05, 3.63) is 29.8 Å². The minimum absolute atomic E-state index is 0.0173. The Morgan fingerprint density at radius 3 is 2.50 bits per heavy atom. The average Bonchev–Trinajstić information content (AvgIpc) is 2.35. The van der Waals surface area contributed by atoms with Crippen LogP contribution in [-0.4, -0.2) is 29.4 Å². The number of ether oxygens (including phenoxy) is 1. The maximum absolute atomic E-state index is 11.3. The van der Waals surface area contributed by atoms with Crippen molar-refractivity contribution in [2.75, 3.05) is 12.4 Å². The number of thioether (sulfide) groups is 1. The molecule has 0 spiro atoms. The number of benzene rings is 1. The van der Waals surface area contributed by atoms with Gasteiger partial charge in [-0.15, -0.1) is 11.8 Å². The molecule has 0 unspecified atom stereocenters. The molecule has 1 aromatic carbocycles. The van der Waals surface area contributed by atoms with E-state index in [2.05, 4.69) is 0 Å². The van der Waals surface area contributed by atoms with Gasteiger partial charge < -0.3 is 9.84 Å². The molecule has 0 aliphatic heterocycles. The molecule has 0 amide bonds. The molecule has 0 saturated heterocycles. The van der Waals surface area contributed by atoms with Crippen LogP contribution in [0.15, 0.2) is 29.2 Å². The molecule has 5 heteroatoms. The molecule has 0 aliphatic carbocycles. The first-order valence-corrected chi connectivity index (χ1v) is 6.69. The SMILES string of the molecule is CCCOC(=O)CSc1ccc(CC(=O)O)cc1. The number of carbonyl (C=O) groups excluding carboxylic acids is 1. The molecule has 0 aliphatic rings. The second-order valence-electron chi connectivity index (χ2n) is 3.72. The molecule has 0 aromatic heterocycles. The molecule has 18 heavy (non-hydrogen) atoms. The Balaban J connectivity index is 2.39. The first kappa shape index (κ1) is 14.6. The van der Waals surface area contributed by atoms with Gasteiger partial charge in [0.25, 0.3) is 0 Å². The van der Waals surface area contributed by atoms with Crippen molar-refractivity contribution in [2.24, 2.45) is 0 Å². The Morgan fingerprint density at radius 2 is 1.94 bits per heavy atom. The van der Waals surface area contributed by atoms with Gasteiger partial charge in [0, 0.05) is 4.90 Å². The summed E-state index contributed by atoms with van der Waals surface area (Å²) in [5.74, 6) is -0.798. The van der Waals surface area contributed by atoms with Crippen molar-refractivity contribution in [3.63, 3.8) is 0 Å². The summed E-state index contributed by atoms with van der Waals surface area (Å²) >= 11 is 1.38. The van der Waals surface area contributed by atoms with Crippen molar-refractivity contribution in [1.29, 1.82) is 0 Å². The lowest BCUT2D eigenvalue weighted by molar-refractivity contribution is -0.140. The molecule has 1 aromatic rings. The summed E-state index contributed by atoms with van der Waals surface area (Å²) in [5.41, 5.74) is 0.750. The fourth-order valence-electron chi connectivity index (χ4n) is 1.28. The Hall–Kier alpha value is -1.49. The van der Waals surface area contributed by atoms with E-state index in [0.717, 1.165) is 16.9 Å². The molecule has 0 heterocycles. The molecule has 1 N–H and O–H groups in total. The largest absolute Gasteiger partial charge is 0.481 e. The van der Waals surface area contributed by atoms with Crippen molar-refractivity contribution in [1.82, 2.24) is 0 Å². The van der Waals surface area contributed by atoms with Crippen LogP contribution in [0.3, 0.4) is 0 Å². The molecule has 0 saturated carbocycles. The third-order valence-electron chi connectivity index (χ3n) is 2.10. The number of carboxylic acid groups (broad SMARTS) is 1. The maximum Gasteiger partial charge on any atom is 0.316 e. The maximum atomic E-state index is 11.3. The number of esters is 1. The summed E-state index contributed by atoms with van der Waals surface area (Å²) in [7, 11) is 0. The second kappa shape index (κ2) is 7.76. The number of rotatable bonds is 7. The van der Waals surface area contributed by atoms with Crippen molar-refractivity contribution in [3.8, 4) is 0 Å². The lowest BCUT2D eigenvalue weighted by Gasteiger charge is -2.04. The molecule has 1 rings (SSSR count). The molecular weight excluding hydrogens is 252 g/mol. The summed E-state index contributed by atoms with van der Waals surface area (Å²) in [6.07, 6.45) is 0.837. The molecule has 0 radical (unpaired) electrons. The summed E-state index contributed by atoms with van der Waals surface area (Å²) in [6.45, 7) is 2.40. The summed E-state index contributed by atoms with van der Waals surface area (Å²) < 4.78 is 4.95. The van der Waals surface area contributed by atoms with E-state index in [1.165, 1.54) is 11.8 Å².